The molecule has 0 saturated carbocycles. The lowest BCUT2D eigenvalue weighted by Gasteiger charge is -2.10. The molecule has 0 aliphatic heterocycles. The average Bonchev–Trinajstić information content (AvgIpc) is 2.65. The molecule has 0 saturated heterocycles. The molecule has 6 nitrogen and oxygen atoms in total. The van der Waals surface area contributed by atoms with E-state index in [-0.39, 0.29) is 17.3 Å². The molecule has 1 unspecified atom stereocenters. The molecule has 0 bridgehead atoms. The van der Waals surface area contributed by atoms with E-state index in [1.54, 1.807) is 0 Å². The summed E-state index contributed by atoms with van der Waals surface area (Å²) in [6.07, 6.45) is -3.94. The number of halogens is 3. The van der Waals surface area contributed by atoms with Crippen LogP contribution in [0.4, 0.5) is 13.2 Å². The molecule has 1 aromatic heterocycles. The SMILES string of the molecule is NC(Cc1cn(O)c2c(OC(F)(F)F)cccc12)C(=O)O. The molecule has 0 radical (unpaired) electrons. The lowest BCUT2D eigenvalue weighted by atomic mass is 10.1. The van der Waals surface area contributed by atoms with Gasteiger partial charge in [0.1, 0.15) is 11.6 Å². The third kappa shape index (κ3) is 3.19. The second-order valence-corrected chi connectivity index (χ2v) is 4.35. The van der Waals surface area contributed by atoms with Gasteiger partial charge in [-0.3, -0.25) is 4.79 Å². The molecule has 114 valence electrons. The number of alkyl halides is 3. The van der Waals surface area contributed by atoms with Crippen molar-refractivity contribution in [1.82, 2.24) is 4.73 Å². The number of hydrogen-bond acceptors (Lipinski definition) is 4. The van der Waals surface area contributed by atoms with E-state index in [9.17, 15) is 23.2 Å². The normalized spacial score (nSPS) is 13.3. The summed E-state index contributed by atoms with van der Waals surface area (Å²) in [7, 11) is 0. The fourth-order valence-electron chi connectivity index (χ4n) is 1.99. The van der Waals surface area contributed by atoms with Crippen molar-refractivity contribution >= 4 is 16.9 Å². The van der Waals surface area contributed by atoms with Gasteiger partial charge in [0, 0.05) is 18.0 Å². The summed E-state index contributed by atoms with van der Waals surface area (Å²) in [6, 6.07) is 2.56. The third-order valence-electron chi connectivity index (χ3n) is 2.83. The first-order valence-corrected chi connectivity index (χ1v) is 5.75. The highest BCUT2D eigenvalue weighted by Crippen LogP contribution is 2.33. The number of nitrogens with zero attached hydrogens (tertiary/aromatic N) is 1. The van der Waals surface area contributed by atoms with Crippen LogP contribution in [-0.4, -0.2) is 33.4 Å². The smallest absolute Gasteiger partial charge is 0.480 e. The van der Waals surface area contributed by atoms with E-state index in [2.05, 4.69) is 4.74 Å². The molecule has 1 heterocycles. The number of nitrogens with two attached hydrogens (primary N) is 1. The van der Waals surface area contributed by atoms with E-state index in [1.807, 2.05) is 0 Å². The molecule has 2 aromatic rings. The first kappa shape index (κ1) is 15.0. The van der Waals surface area contributed by atoms with Gasteiger partial charge in [-0.05, 0) is 11.6 Å². The number of benzene rings is 1. The maximum atomic E-state index is 12.3. The lowest BCUT2D eigenvalue weighted by Crippen LogP contribution is -2.32. The summed E-state index contributed by atoms with van der Waals surface area (Å²) in [5.74, 6) is -1.84. The van der Waals surface area contributed by atoms with Crippen molar-refractivity contribution in [3.8, 4) is 5.75 Å². The number of para-hydroxylation sites is 1. The fourth-order valence-corrected chi connectivity index (χ4v) is 1.99. The Hall–Kier alpha value is -2.42. The van der Waals surface area contributed by atoms with Crippen molar-refractivity contribution in [2.24, 2.45) is 5.73 Å². The van der Waals surface area contributed by atoms with Crippen LogP contribution in [0.15, 0.2) is 24.4 Å². The van der Waals surface area contributed by atoms with Crippen LogP contribution in [0.2, 0.25) is 0 Å². The predicted molar refractivity (Wildman–Crippen MR) is 65.1 cm³/mol. The van der Waals surface area contributed by atoms with Crippen LogP contribution in [0.1, 0.15) is 5.56 Å². The lowest BCUT2D eigenvalue weighted by molar-refractivity contribution is -0.274. The number of fused-ring (bicyclic) bond motifs is 1. The van der Waals surface area contributed by atoms with Gasteiger partial charge in [-0.2, -0.15) is 4.73 Å². The van der Waals surface area contributed by atoms with Gasteiger partial charge in [-0.15, -0.1) is 13.2 Å². The minimum Gasteiger partial charge on any atom is -0.480 e. The average molecular weight is 304 g/mol. The molecule has 1 aromatic carbocycles. The highest BCUT2D eigenvalue weighted by molar-refractivity contribution is 5.89. The van der Waals surface area contributed by atoms with E-state index >= 15 is 0 Å². The topological polar surface area (TPSA) is 97.7 Å². The van der Waals surface area contributed by atoms with Crippen molar-refractivity contribution in [1.29, 1.82) is 0 Å². The monoisotopic (exact) mass is 304 g/mol. The summed E-state index contributed by atoms with van der Waals surface area (Å²) in [4.78, 5) is 10.7. The minimum atomic E-state index is -4.91. The number of aromatic nitrogens is 1. The van der Waals surface area contributed by atoms with Crippen molar-refractivity contribution in [3.63, 3.8) is 0 Å². The number of carboxylic acids is 1. The molecule has 0 aliphatic carbocycles. The Balaban J connectivity index is 2.48. The zero-order chi connectivity index (χ0) is 15.8. The Morgan fingerprint density at radius 3 is 2.67 bits per heavy atom. The Kier molecular flexibility index (Phi) is 3.69. The molecule has 1 atom stereocenters. The first-order chi connectivity index (χ1) is 9.69. The molecule has 0 fully saturated rings. The van der Waals surface area contributed by atoms with E-state index in [0.29, 0.717) is 10.3 Å². The van der Waals surface area contributed by atoms with Crippen LogP contribution in [0.3, 0.4) is 0 Å². The predicted octanol–water partition coefficient (Wildman–Crippen LogP) is 1.73. The second-order valence-electron chi connectivity index (χ2n) is 4.35. The van der Waals surface area contributed by atoms with Gasteiger partial charge >= 0.3 is 12.3 Å². The number of aliphatic carboxylic acids is 1. The van der Waals surface area contributed by atoms with Gasteiger partial charge in [0.05, 0.1) is 0 Å². The highest BCUT2D eigenvalue weighted by Gasteiger charge is 2.32. The van der Waals surface area contributed by atoms with Gasteiger partial charge in [0.2, 0.25) is 0 Å². The van der Waals surface area contributed by atoms with Gasteiger partial charge in [-0.25, -0.2) is 0 Å². The van der Waals surface area contributed by atoms with E-state index < -0.39 is 24.1 Å². The summed E-state index contributed by atoms with van der Waals surface area (Å²) < 4.78 is 41.2. The molecule has 0 aliphatic rings. The van der Waals surface area contributed by atoms with E-state index in [1.165, 1.54) is 12.1 Å². The van der Waals surface area contributed by atoms with Gasteiger partial charge in [0.15, 0.2) is 5.75 Å². The first-order valence-electron chi connectivity index (χ1n) is 5.75. The van der Waals surface area contributed by atoms with Crippen molar-refractivity contribution in [2.75, 3.05) is 0 Å². The molecule has 2 rings (SSSR count). The van der Waals surface area contributed by atoms with Crippen LogP contribution >= 0.6 is 0 Å². The fraction of sp³-hybridized carbons (Fsp3) is 0.250. The van der Waals surface area contributed by atoms with Crippen molar-refractivity contribution in [2.45, 2.75) is 18.8 Å². The van der Waals surface area contributed by atoms with Gasteiger partial charge < -0.3 is 20.8 Å². The third-order valence-corrected chi connectivity index (χ3v) is 2.83. The van der Waals surface area contributed by atoms with E-state index in [0.717, 1.165) is 12.3 Å². The number of carbonyl (C=O) groups is 1. The van der Waals surface area contributed by atoms with E-state index in [4.69, 9.17) is 10.8 Å². The molecule has 9 heteroatoms. The van der Waals surface area contributed by atoms with Crippen molar-refractivity contribution in [3.05, 3.63) is 30.0 Å². The van der Waals surface area contributed by atoms with Crippen LogP contribution < -0.4 is 10.5 Å². The van der Waals surface area contributed by atoms with Gasteiger partial charge in [0.25, 0.3) is 0 Å². The molecule has 4 N–H and O–H groups in total. The molecule has 0 spiro atoms. The minimum absolute atomic E-state index is 0.144. The molecule has 0 amide bonds. The largest absolute Gasteiger partial charge is 0.573 e. The molecular weight excluding hydrogens is 293 g/mol. The Morgan fingerprint density at radius 2 is 2.10 bits per heavy atom. The number of ether oxygens (including phenoxy) is 1. The zero-order valence-electron chi connectivity index (χ0n) is 10.5. The number of hydrogen-bond donors (Lipinski definition) is 3. The summed E-state index contributed by atoms with van der Waals surface area (Å²) in [6.45, 7) is 0. The second kappa shape index (κ2) is 5.17. The standard InChI is InChI=1S/C12H11F3N2O4/c13-12(14,15)21-9-3-1-2-7-6(4-8(16)11(18)19)5-17(20)10(7)9/h1-3,5,8,20H,4,16H2,(H,18,19). The maximum Gasteiger partial charge on any atom is 0.573 e. The Morgan fingerprint density at radius 1 is 1.43 bits per heavy atom. The number of rotatable bonds is 4. The highest BCUT2D eigenvalue weighted by atomic mass is 19.4. The summed E-state index contributed by atoms with van der Waals surface area (Å²) in [5, 5.41) is 18.7. The Labute approximate surface area is 116 Å². The Bertz CT molecular complexity index is 681. The van der Waals surface area contributed by atoms with Crippen LogP contribution in [0, 0.1) is 0 Å². The number of carboxylic acid groups (broad SMARTS) is 1. The zero-order valence-corrected chi connectivity index (χ0v) is 10.5. The summed E-state index contributed by atoms with van der Waals surface area (Å²) in [5.41, 5.74) is 5.48. The van der Waals surface area contributed by atoms with Crippen LogP contribution in [0.25, 0.3) is 10.9 Å². The van der Waals surface area contributed by atoms with Crippen molar-refractivity contribution < 1.29 is 33.0 Å². The van der Waals surface area contributed by atoms with Crippen LogP contribution in [-0.2, 0) is 11.2 Å². The summed E-state index contributed by atoms with van der Waals surface area (Å²) >= 11 is 0. The quantitative estimate of drug-likeness (QED) is 0.747. The van der Waals surface area contributed by atoms with Gasteiger partial charge in [-0.1, -0.05) is 12.1 Å². The maximum absolute atomic E-state index is 12.3. The molecular formula is C12H11F3N2O4. The van der Waals surface area contributed by atoms with Crippen LogP contribution in [0.5, 0.6) is 5.75 Å². The molecule has 21 heavy (non-hydrogen) atoms.